The van der Waals surface area contributed by atoms with Crippen LogP contribution in [-0.2, 0) is 43.4 Å². The average Bonchev–Trinajstić information content (AvgIpc) is 3.74. The van der Waals surface area contributed by atoms with Gasteiger partial charge < -0.3 is 56.0 Å². The fourth-order valence-corrected chi connectivity index (χ4v) is 11.4. The number of phosphoric acid groups is 2. The molecule has 6 heterocycles. The van der Waals surface area contributed by atoms with Gasteiger partial charge in [-0.2, -0.15) is 13.6 Å². The summed E-state index contributed by atoms with van der Waals surface area (Å²) in [5.74, 6) is -1.24. The fraction of sp³-hybridized carbons (Fsp3) is 0.524. The summed E-state index contributed by atoms with van der Waals surface area (Å²) in [6, 6.07) is 0. The fourth-order valence-electron chi connectivity index (χ4n) is 5.44. The van der Waals surface area contributed by atoms with E-state index in [4.69, 9.17) is 20.9 Å². The number of aryl methyl sites for hydroxylation is 1. The molecule has 0 saturated carbocycles. The predicted molar refractivity (Wildman–Crippen MR) is 170 cm³/mol. The van der Waals surface area contributed by atoms with Crippen molar-refractivity contribution >= 4 is 68.0 Å². The Bertz CT molecular complexity index is 2280. The van der Waals surface area contributed by atoms with E-state index in [0.29, 0.717) is 0 Å². The Morgan fingerprint density at radius 3 is 2.29 bits per heavy atom. The molecule has 27 nitrogen and oxygen atoms in total. The third kappa shape index (κ3) is 7.60. The molecule has 2 aliphatic rings. The lowest BCUT2D eigenvalue weighted by Crippen LogP contribution is -2.46. The van der Waals surface area contributed by atoms with Gasteiger partial charge in [-0.25, -0.2) is 23.2 Å². The molecule has 4 aromatic heterocycles. The first kappa shape index (κ1) is 38.6. The number of rotatable bonds is 12. The second kappa shape index (κ2) is 13.9. The maximum absolute atomic E-state index is 12.6. The van der Waals surface area contributed by atoms with Crippen molar-refractivity contribution in [2.24, 2.45) is 7.05 Å². The lowest BCUT2D eigenvalue weighted by atomic mass is 10.1. The summed E-state index contributed by atoms with van der Waals surface area (Å²) in [6.45, 7) is -6.33. The van der Waals surface area contributed by atoms with Crippen molar-refractivity contribution in [1.29, 1.82) is 0 Å². The van der Waals surface area contributed by atoms with E-state index in [1.165, 1.54) is 17.9 Å². The molecule has 0 aliphatic carbocycles. The maximum Gasteiger partial charge on any atom is 0.488 e. The van der Waals surface area contributed by atoms with Crippen LogP contribution in [0.5, 0.6) is 0 Å². The van der Waals surface area contributed by atoms with E-state index >= 15 is 0 Å². The van der Waals surface area contributed by atoms with E-state index in [2.05, 4.69) is 38.1 Å². The number of ether oxygens (including phenoxy) is 2. The highest BCUT2D eigenvalue weighted by Crippen LogP contribution is 2.71. The monoisotopic (exact) mass is 819 g/mol. The van der Waals surface area contributed by atoms with E-state index in [-0.39, 0.29) is 45.6 Å². The standard InChI is InChI=1S/C21H29N10O17P3S/c1-29-5-31(15-9(29)17(37)28-21(23)26-15)19-12(34)10(32)6(45-19)2-44-49(38,39)47-50(40,41)48-51(42,43)52-3-7-11(33)13(35)18(46-7)30-4-24-8-14(30)25-20(22)27-16(8)36/h4-7,10-13,18-19,32-35H,2-3H2,1H3,(H8-,22,23,25,26,27,28,36,37,38,39,40,41,42,43)/p+1/t6-,7-,10?,11+,12+,13?,18-,19-/m1/s1. The molecule has 31 heteroatoms. The number of anilines is 2. The van der Waals surface area contributed by atoms with Crippen molar-refractivity contribution in [2.45, 2.75) is 49.1 Å². The van der Waals surface area contributed by atoms with Crippen LogP contribution in [0.15, 0.2) is 22.2 Å². The summed E-state index contributed by atoms with van der Waals surface area (Å²) in [7, 11) is -10.1. The second-order valence-corrected chi connectivity index (χ2v) is 18.4. The number of aliphatic hydroxyl groups excluding tert-OH is 4. The number of fused-ring (bicyclic) bond motifs is 2. The average molecular weight is 820 g/mol. The van der Waals surface area contributed by atoms with Crippen LogP contribution in [-0.4, -0.2) is 118 Å². The number of nitrogens with two attached hydrogens (primary N) is 2. The Morgan fingerprint density at radius 1 is 0.923 bits per heavy atom. The zero-order valence-corrected chi connectivity index (χ0v) is 29.5. The number of imidazole rings is 2. The van der Waals surface area contributed by atoms with Crippen molar-refractivity contribution in [3.8, 4) is 0 Å². The number of nitrogen functional groups attached to an aromatic ring is 2. The third-order valence-corrected chi connectivity index (χ3v) is 14.3. The van der Waals surface area contributed by atoms with Gasteiger partial charge in [-0.3, -0.25) is 33.2 Å². The molecule has 0 amide bonds. The van der Waals surface area contributed by atoms with Crippen LogP contribution in [0.4, 0.5) is 11.9 Å². The lowest BCUT2D eigenvalue weighted by Gasteiger charge is -2.21. The number of aromatic nitrogens is 8. The van der Waals surface area contributed by atoms with Gasteiger partial charge in [0.1, 0.15) is 30.5 Å². The zero-order valence-electron chi connectivity index (χ0n) is 26.0. The van der Waals surface area contributed by atoms with Gasteiger partial charge in [0, 0.05) is 5.75 Å². The van der Waals surface area contributed by atoms with Gasteiger partial charge in [-0.15, -0.1) is 0 Å². The quantitative estimate of drug-likeness (QED) is 0.0482. The third-order valence-electron chi connectivity index (χ3n) is 7.68. The lowest BCUT2D eigenvalue weighted by molar-refractivity contribution is -0.745. The second-order valence-electron chi connectivity index (χ2n) is 11.3. The van der Waals surface area contributed by atoms with Crippen LogP contribution in [0.3, 0.4) is 0 Å². The number of phosphoric ester groups is 1. The topological polar surface area (TPSA) is 409 Å². The highest BCUT2D eigenvalue weighted by Gasteiger charge is 2.50. The molecule has 11 atom stereocenters. The molecule has 286 valence electrons. The summed E-state index contributed by atoms with van der Waals surface area (Å²) in [5.41, 5.74) is 9.50. The van der Waals surface area contributed by atoms with E-state index in [1.807, 2.05) is 0 Å². The number of aliphatic hydroxyl groups is 4. The van der Waals surface area contributed by atoms with Crippen LogP contribution in [0.1, 0.15) is 12.5 Å². The summed E-state index contributed by atoms with van der Waals surface area (Å²) in [4.78, 5) is 71.0. The zero-order chi connectivity index (χ0) is 38.1. The van der Waals surface area contributed by atoms with Crippen molar-refractivity contribution in [1.82, 2.24) is 34.1 Å². The Kier molecular flexibility index (Phi) is 10.3. The highest BCUT2D eigenvalue weighted by molar-refractivity contribution is 8.55. The van der Waals surface area contributed by atoms with Crippen LogP contribution < -0.4 is 27.2 Å². The van der Waals surface area contributed by atoms with Crippen LogP contribution >= 0.6 is 33.8 Å². The molecule has 4 aromatic rings. The molecule has 0 spiro atoms. The maximum atomic E-state index is 12.6. The number of H-pyrrole nitrogens is 2. The minimum Gasteiger partial charge on any atom is -0.387 e. The van der Waals surface area contributed by atoms with Gasteiger partial charge >= 0.3 is 28.1 Å². The Hall–Kier alpha value is -3.14. The summed E-state index contributed by atoms with van der Waals surface area (Å²) < 4.78 is 65.3. The van der Waals surface area contributed by atoms with Crippen molar-refractivity contribution < 1.29 is 76.0 Å². The summed E-state index contributed by atoms with van der Waals surface area (Å²) in [5, 5.41) is 42.2. The largest absolute Gasteiger partial charge is 0.488 e. The number of hydrogen-bond acceptors (Lipinski definition) is 20. The Morgan fingerprint density at radius 2 is 1.58 bits per heavy atom. The number of hydrogen-bond donors (Lipinski definition) is 11. The van der Waals surface area contributed by atoms with Crippen LogP contribution in [0, 0.1) is 0 Å². The first-order chi connectivity index (χ1) is 24.2. The highest BCUT2D eigenvalue weighted by atomic mass is 32.7. The first-order valence-electron chi connectivity index (χ1n) is 14.4. The molecule has 5 unspecified atom stereocenters. The Balaban J connectivity index is 1.05. The molecule has 0 bridgehead atoms. The van der Waals surface area contributed by atoms with Crippen molar-refractivity contribution in [3.63, 3.8) is 0 Å². The number of aromatic amines is 2. The molecule has 52 heavy (non-hydrogen) atoms. The molecule has 13 N–H and O–H groups in total. The molecule has 2 fully saturated rings. The van der Waals surface area contributed by atoms with Crippen LogP contribution in [0.25, 0.3) is 22.3 Å². The molecule has 0 radical (unpaired) electrons. The van der Waals surface area contributed by atoms with E-state index < -0.39 is 95.0 Å². The smallest absolute Gasteiger partial charge is 0.387 e. The van der Waals surface area contributed by atoms with Crippen LogP contribution in [0.2, 0.25) is 0 Å². The minimum absolute atomic E-state index is 0.0183. The molecular weight excluding hydrogens is 789 g/mol. The predicted octanol–water partition coefficient (Wildman–Crippen LogP) is -3.83. The Labute approximate surface area is 291 Å². The van der Waals surface area contributed by atoms with E-state index in [9.17, 15) is 58.4 Å². The van der Waals surface area contributed by atoms with Gasteiger partial charge in [0.25, 0.3) is 17.1 Å². The normalized spacial score (nSPS) is 30.1. The van der Waals surface area contributed by atoms with E-state index in [1.54, 1.807) is 0 Å². The summed E-state index contributed by atoms with van der Waals surface area (Å²) >= 11 is -0.0875. The van der Waals surface area contributed by atoms with Gasteiger partial charge in [0.2, 0.25) is 17.7 Å². The van der Waals surface area contributed by atoms with Crippen molar-refractivity contribution in [3.05, 3.63) is 33.4 Å². The molecular formula is C21H30N10O17P3S+. The molecule has 2 aliphatic heterocycles. The van der Waals surface area contributed by atoms with Gasteiger partial charge in [-0.05, 0) is 11.4 Å². The van der Waals surface area contributed by atoms with Gasteiger partial charge in [-0.1, -0.05) is 4.98 Å². The van der Waals surface area contributed by atoms with Crippen molar-refractivity contribution in [2.75, 3.05) is 23.8 Å². The van der Waals surface area contributed by atoms with Gasteiger partial charge in [0.15, 0.2) is 23.7 Å². The molecule has 0 aromatic carbocycles. The molecule has 6 rings (SSSR count). The van der Waals surface area contributed by atoms with E-state index in [0.717, 1.165) is 15.5 Å². The SMILES string of the molecule is Cn1c[n+]([C@@H]2O[C@H](COP(=O)(O)OP(=O)(O)OP(=O)(O)SC[C@H]3O[C@@H](n4cnc5c(=O)[nH]c(N)nc54)C(O)[C@H]3O)C(O)[C@@H]2O)c2nc(N)[nH]c(=O)c21. The molecule has 2 saturated heterocycles. The number of nitrogens with zero attached hydrogens (tertiary/aromatic N) is 6. The minimum atomic E-state index is -5.90. The van der Waals surface area contributed by atoms with Gasteiger partial charge in [0.05, 0.1) is 26.1 Å². The summed E-state index contributed by atoms with van der Waals surface area (Å²) in [6.07, 6.45) is -10.5. The first-order valence-corrected chi connectivity index (χ1v) is 20.5. The number of nitrogens with one attached hydrogen (secondary N) is 2.